The topological polar surface area (TPSA) is 229 Å². The number of rotatable bonds is 12. The maximum atomic E-state index is 13.6. The van der Waals surface area contributed by atoms with E-state index in [0.29, 0.717) is 65.6 Å². The van der Waals surface area contributed by atoms with Crippen LogP contribution in [0.3, 0.4) is 0 Å². The normalized spacial score (nSPS) is 17.5. The van der Waals surface area contributed by atoms with Crippen LogP contribution in [0.4, 0.5) is 22.8 Å². The van der Waals surface area contributed by atoms with Crippen molar-refractivity contribution < 1.29 is 51.7 Å². The number of aromatic amines is 2. The molecule has 0 saturated carbocycles. The number of alkyl halides is 3. The zero-order chi connectivity index (χ0) is 45.2. The number of hydrogen-bond donors (Lipinski definition) is 4. The summed E-state index contributed by atoms with van der Waals surface area (Å²) < 4.78 is 47.2. The first-order valence-electron chi connectivity index (χ1n) is 20.2. The van der Waals surface area contributed by atoms with E-state index in [1.807, 2.05) is 56.3 Å². The molecule has 0 aliphatic carbocycles. The zero-order valence-corrected chi connectivity index (χ0v) is 34.7. The molecule has 4 amide bonds. The number of aromatic nitrogens is 6. The minimum Gasteiger partial charge on any atom is -0.465 e. The number of benzene rings is 2. The molecule has 2 aliphatic heterocycles. The van der Waals surface area contributed by atoms with E-state index in [2.05, 4.69) is 34.7 Å². The Hall–Kier alpha value is -7.06. The van der Waals surface area contributed by atoms with E-state index in [0.717, 1.165) is 35.1 Å². The molecule has 2 aromatic carbocycles. The number of carbonyl (C=O) groups is 5. The molecule has 0 radical (unpaired) electrons. The molecule has 21 heteroatoms. The minimum atomic E-state index is -5.28. The third-order valence-electron chi connectivity index (χ3n) is 11.2. The van der Waals surface area contributed by atoms with Gasteiger partial charge in [0.15, 0.2) is 0 Å². The molecule has 7 rings (SSSR count). The summed E-state index contributed by atoms with van der Waals surface area (Å²) in [5, 5.41) is 11.7. The number of amides is 4. The maximum Gasteiger partial charge on any atom is 0.490 e. The highest BCUT2D eigenvalue weighted by molar-refractivity contribution is 5.88. The number of carbonyl (C=O) groups excluding carboxylic acids is 4. The largest absolute Gasteiger partial charge is 0.490 e. The van der Waals surface area contributed by atoms with Crippen molar-refractivity contribution in [3.05, 3.63) is 72.7 Å². The van der Waals surface area contributed by atoms with E-state index >= 15 is 0 Å². The van der Waals surface area contributed by atoms with Crippen LogP contribution < -0.4 is 5.32 Å². The van der Waals surface area contributed by atoms with Gasteiger partial charge in [0.05, 0.1) is 59.7 Å². The molecule has 5 heterocycles. The van der Waals surface area contributed by atoms with Gasteiger partial charge in [0.1, 0.15) is 30.3 Å². The number of carboxylic acid groups (broad SMARTS) is 1. The van der Waals surface area contributed by atoms with Crippen molar-refractivity contribution in [1.82, 2.24) is 49.9 Å². The lowest BCUT2D eigenvalue weighted by Crippen LogP contribution is -2.51. The Morgan fingerprint density at radius 3 is 2.14 bits per heavy atom. The maximum absolute atomic E-state index is 13.6. The van der Waals surface area contributed by atoms with Gasteiger partial charge in [-0.3, -0.25) is 19.5 Å². The average Bonchev–Trinajstić information content (AvgIpc) is 4.11. The molecule has 63 heavy (non-hydrogen) atoms. The Morgan fingerprint density at radius 1 is 0.873 bits per heavy atom. The fourth-order valence-electron chi connectivity index (χ4n) is 8.07. The summed E-state index contributed by atoms with van der Waals surface area (Å²) in [6.07, 6.45) is -0.00273. The number of hydrogen-bond acceptors (Lipinski definition) is 11. The first-order chi connectivity index (χ1) is 30.0. The fraction of sp³-hybridized carbons (Fsp3) is 0.405. The number of likely N-dealkylation sites (N-methyl/N-ethyl adjacent to an activating group) is 1. The molecule has 4 N–H and O–H groups in total. The summed E-state index contributed by atoms with van der Waals surface area (Å²) in [5.41, 5.74) is 5.55. The number of alkyl carbamates (subject to hydrolysis) is 1. The number of likely N-dealkylation sites (tertiary alicyclic amines) is 2. The summed E-state index contributed by atoms with van der Waals surface area (Å²) in [7, 11) is 2.44. The number of methoxy groups -OCH3 is 1. The van der Waals surface area contributed by atoms with Crippen LogP contribution in [0.2, 0.25) is 0 Å². The Bertz CT molecular complexity index is 2510. The molecule has 4 atom stereocenters. The molecule has 0 spiro atoms. The third-order valence-corrected chi connectivity index (χ3v) is 11.2. The van der Waals surface area contributed by atoms with E-state index in [1.54, 1.807) is 23.5 Å². The molecule has 2 aliphatic rings. The predicted molar refractivity (Wildman–Crippen MR) is 218 cm³/mol. The van der Waals surface area contributed by atoms with Crippen LogP contribution in [-0.2, 0) is 23.9 Å². The van der Waals surface area contributed by atoms with Crippen LogP contribution in [0.1, 0.15) is 63.3 Å². The Labute approximate surface area is 358 Å². The van der Waals surface area contributed by atoms with E-state index in [1.165, 1.54) is 11.9 Å². The van der Waals surface area contributed by atoms with Gasteiger partial charge in [-0.2, -0.15) is 13.2 Å². The molecule has 3 aromatic heterocycles. The molecule has 332 valence electrons. The van der Waals surface area contributed by atoms with Crippen LogP contribution in [0.15, 0.2) is 61.1 Å². The van der Waals surface area contributed by atoms with Crippen molar-refractivity contribution in [2.75, 3.05) is 33.9 Å². The van der Waals surface area contributed by atoms with Crippen LogP contribution in [0, 0.1) is 5.92 Å². The van der Waals surface area contributed by atoms with E-state index in [4.69, 9.17) is 9.97 Å². The monoisotopic (exact) mass is 874 g/mol. The standard InChI is InChI=1S/C42H45F3N10O8/c1-22(2)34(53(3)41(60)61)38(57)55-16-6-8-33(55)36-47-19-29(50-36)24-11-9-23(10-12-24)28-18-46-27-17-25(13-14-26(27)49-28)30-20-48-35(51-30)32-7-5-15-54(32)37(56)31(52-40(59)62-4)21-63-39(58)42(43,44)45/h9-14,17-20,22,31-34H,5-8,15-16,21H2,1-4H3,(H,47,50)(H,48,51)(H,52,59)(H,60,61)/t31-,32-,33-,34-/m0/s1. The Kier molecular flexibility index (Phi) is 12.7. The molecular weight excluding hydrogens is 830 g/mol. The number of halogens is 3. The van der Waals surface area contributed by atoms with Gasteiger partial charge < -0.3 is 39.7 Å². The smallest absolute Gasteiger partial charge is 0.465 e. The number of fused-ring (bicyclic) bond motifs is 1. The highest BCUT2D eigenvalue weighted by Gasteiger charge is 2.43. The zero-order valence-electron chi connectivity index (χ0n) is 34.7. The second-order valence-electron chi connectivity index (χ2n) is 15.6. The van der Waals surface area contributed by atoms with Crippen LogP contribution in [-0.4, -0.2) is 132 Å². The van der Waals surface area contributed by atoms with Gasteiger partial charge in [-0.15, -0.1) is 0 Å². The second kappa shape index (κ2) is 18.1. The lowest BCUT2D eigenvalue weighted by molar-refractivity contribution is -0.200. The first-order valence-corrected chi connectivity index (χ1v) is 20.2. The fourth-order valence-corrected chi connectivity index (χ4v) is 8.07. The summed E-state index contributed by atoms with van der Waals surface area (Å²) in [6, 6.07) is 9.80. The van der Waals surface area contributed by atoms with Crippen molar-refractivity contribution in [2.24, 2.45) is 5.92 Å². The number of H-pyrrole nitrogens is 2. The van der Waals surface area contributed by atoms with E-state index in [-0.39, 0.29) is 24.4 Å². The van der Waals surface area contributed by atoms with E-state index < -0.39 is 55.0 Å². The second-order valence-corrected chi connectivity index (χ2v) is 15.6. The van der Waals surface area contributed by atoms with Crippen molar-refractivity contribution in [3.8, 4) is 33.8 Å². The van der Waals surface area contributed by atoms with Crippen molar-refractivity contribution in [3.63, 3.8) is 0 Å². The summed E-state index contributed by atoms with van der Waals surface area (Å²) in [4.78, 5) is 91.6. The highest BCUT2D eigenvalue weighted by Crippen LogP contribution is 2.35. The van der Waals surface area contributed by atoms with Crippen molar-refractivity contribution >= 4 is 41.0 Å². The lowest BCUT2D eigenvalue weighted by Gasteiger charge is -2.33. The number of nitrogens with one attached hydrogen (secondary N) is 3. The predicted octanol–water partition coefficient (Wildman–Crippen LogP) is 5.87. The summed E-state index contributed by atoms with van der Waals surface area (Å²) >= 11 is 0. The molecule has 0 bridgehead atoms. The number of imidazole rings is 2. The van der Waals surface area contributed by atoms with Crippen molar-refractivity contribution in [2.45, 2.75) is 69.9 Å². The lowest BCUT2D eigenvalue weighted by atomic mass is 10.0. The molecule has 2 saturated heterocycles. The SMILES string of the molecule is COC(=O)N[C@@H](COC(=O)C(F)(F)F)C(=O)N1CCC[C@H]1c1ncc(-c2ccc3nc(-c4ccc(-c5c[nH]c([C@@H]6CCCN6C(=O)[C@H](C(C)C)N(C)C(=O)O)n5)cc4)cnc3c2)[nH]1. The van der Waals surface area contributed by atoms with Crippen LogP contribution in [0.5, 0.6) is 0 Å². The molecule has 0 unspecified atom stereocenters. The number of ether oxygens (including phenoxy) is 2. The third kappa shape index (κ3) is 9.41. The molecule has 18 nitrogen and oxygen atoms in total. The first kappa shape index (κ1) is 44.0. The molecule has 5 aromatic rings. The van der Waals surface area contributed by atoms with Crippen molar-refractivity contribution in [1.29, 1.82) is 0 Å². The van der Waals surface area contributed by atoms with Crippen LogP contribution in [0.25, 0.3) is 44.8 Å². The van der Waals surface area contributed by atoms with Gasteiger partial charge in [-0.25, -0.2) is 29.3 Å². The van der Waals surface area contributed by atoms with Gasteiger partial charge in [-0.1, -0.05) is 44.2 Å². The van der Waals surface area contributed by atoms with E-state index in [9.17, 15) is 42.3 Å². The Morgan fingerprint density at radius 2 is 1.51 bits per heavy atom. The van der Waals surface area contributed by atoms with Gasteiger partial charge in [0, 0.05) is 43.0 Å². The minimum absolute atomic E-state index is 0.212. The number of esters is 1. The highest BCUT2D eigenvalue weighted by atomic mass is 19.4. The molecule has 2 fully saturated rings. The average molecular weight is 875 g/mol. The van der Waals surface area contributed by atoms with Gasteiger partial charge in [0.2, 0.25) is 11.8 Å². The summed E-state index contributed by atoms with van der Waals surface area (Å²) in [6.45, 7) is 3.33. The van der Waals surface area contributed by atoms with Crippen LogP contribution >= 0.6 is 0 Å². The van der Waals surface area contributed by atoms with Gasteiger partial charge >= 0.3 is 24.3 Å². The summed E-state index contributed by atoms with van der Waals surface area (Å²) in [5.74, 6) is -2.68. The Balaban J connectivity index is 1.02. The van der Waals surface area contributed by atoms with Gasteiger partial charge in [0.25, 0.3) is 0 Å². The van der Waals surface area contributed by atoms with Gasteiger partial charge in [-0.05, 0) is 43.7 Å². The molecular formula is C42H45F3N10O8. The quantitative estimate of drug-likeness (QED) is 0.108. The number of nitrogens with zero attached hydrogens (tertiary/aromatic N) is 7.